The lowest BCUT2D eigenvalue weighted by Crippen LogP contribution is -2.28. The zero-order valence-corrected chi connectivity index (χ0v) is 19.8. The molecule has 6 heteroatoms. The SMILES string of the molecule is C=Cc1ccc(O)c(C(=O)OC(C)(C=C)c2cc(I)cc(I)c2I)c1. The van der Waals surface area contributed by atoms with E-state index >= 15 is 0 Å². The van der Waals surface area contributed by atoms with Crippen molar-refractivity contribution in [3.8, 4) is 5.75 Å². The fourth-order valence-electron chi connectivity index (χ4n) is 2.22. The molecule has 1 N–H and O–H groups in total. The molecule has 1 atom stereocenters. The minimum absolute atomic E-state index is 0.0980. The molecule has 0 saturated heterocycles. The standard InChI is InChI=1S/C19H15I3O3/c1-4-11-6-7-16(23)13(8-11)18(24)25-19(3,5-2)14-9-12(20)10-15(21)17(14)22/h4-10,23H,1-2H2,3H3. The molecule has 2 aromatic carbocycles. The number of rotatable bonds is 5. The average Bonchev–Trinajstić information content (AvgIpc) is 2.58. The molecule has 2 aromatic rings. The van der Waals surface area contributed by atoms with Crippen LogP contribution in [0.2, 0.25) is 0 Å². The molecule has 0 aliphatic heterocycles. The van der Waals surface area contributed by atoms with Crippen molar-refractivity contribution in [1.82, 2.24) is 0 Å². The number of esters is 1. The van der Waals surface area contributed by atoms with Crippen LogP contribution >= 0.6 is 67.8 Å². The number of phenolic OH excluding ortho intramolecular Hbond substituents is 1. The first kappa shape index (κ1) is 20.7. The summed E-state index contributed by atoms with van der Waals surface area (Å²) in [5.41, 5.74) is 0.655. The number of hydrogen-bond donors (Lipinski definition) is 1. The molecular weight excluding hydrogens is 657 g/mol. The molecule has 2 rings (SSSR count). The number of aromatic hydroxyl groups is 1. The number of benzene rings is 2. The third-order valence-electron chi connectivity index (χ3n) is 3.70. The lowest BCUT2D eigenvalue weighted by atomic mass is 9.95. The van der Waals surface area contributed by atoms with Crippen LogP contribution in [0.4, 0.5) is 0 Å². The summed E-state index contributed by atoms with van der Waals surface area (Å²) in [4.78, 5) is 12.7. The van der Waals surface area contributed by atoms with Crippen LogP contribution in [0, 0.1) is 10.7 Å². The van der Waals surface area contributed by atoms with E-state index in [1.165, 1.54) is 6.07 Å². The van der Waals surface area contributed by atoms with Crippen LogP contribution in [0.5, 0.6) is 5.75 Å². The van der Waals surface area contributed by atoms with E-state index in [2.05, 4.69) is 87.0 Å². The zero-order chi connectivity index (χ0) is 18.8. The van der Waals surface area contributed by atoms with E-state index < -0.39 is 11.6 Å². The highest BCUT2D eigenvalue weighted by atomic mass is 127. The fraction of sp³-hybridized carbons (Fsp3) is 0.105. The lowest BCUT2D eigenvalue weighted by Gasteiger charge is -2.28. The summed E-state index contributed by atoms with van der Waals surface area (Å²) in [6.07, 6.45) is 3.21. The largest absolute Gasteiger partial charge is 0.507 e. The summed E-state index contributed by atoms with van der Waals surface area (Å²) in [5, 5.41) is 10.0. The fourth-order valence-corrected chi connectivity index (χ4v) is 4.91. The second-order valence-corrected chi connectivity index (χ2v) is 8.92. The minimum atomic E-state index is -1.02. The van der Waals surface area contributed by atoms with Gasteiger partial charge in [-0.3, -0.25) is 0 Å². The van der Waals surface area contributed by atoms with Crippen molar-refractivity contribution in [3.63, 3.8) is 0 Å². The smallest absolute Gasteiger partial charge is 0.343 e. The summed E-state index contributed by atoms with van der Waals surface area (Å²) in [7, 11) is 0. The van der Waals surface area contributed by atoms with Gasteiger partial charge in [-0.2, -0.15) is 0 Å². The highest BCUT2D eigenvalue weighted by Gasteiger charge is 2.32. The number of ether oxygens (including phenoxy) is 1. The Morgan fingerprint density at radius 3 is 2.48 bits per heavy atom. The first-order valence-electron chi connectivity index (χ1n) is 7.19. The van der Waals surface area contributed by atoms with Crippen LogP contribution in [0.3, 0.4) is 0 Å². The Morgan fingerprint density at radius 1 is 1.20 bits per heavy atom. The summed E-state index contributed by atoms with van der Waals surface area (Å²) >= 11 is 6.72. The van der Waals surface area contributed by atoms with Gasteiger partial charge in [-0.05, 0) is 111 Å². The van der Waals surface area contributed by atoms with Gasteiger partial charge in [-0.15, -0.1) is 0 Å². The first-order chi connectivity index (χ1) is 11.7. The molecule has 1 unspecified atom stereocenters. The van der Waals surface area contributed by atoms with Crippen molar-refractivity contribution in [2.45, 2.75) is 12.5 Å². The summed E-state index contributed by atoms with van der Waals surface area (Å²) in [5.74, 6) is -0.748. The first-order valence-corrected chi connectivity index (χ1v) is 10.4. The predicted octanol–water partition coefficient (Wildman–Crippen LogP) is 6.11. The molecule has 0 fully saturated rings. The number of carbonyl (C=O) groups is 1. The number of carbonyl (C=O) groups excluding carboxylic acids is 1. The third-order valence-corrected chi connectivity index (χ3v) is 7.37. The van der Waals surface area contributed by atoms with E-state index in [-0.39, 0.29) is 11.3 Å². The highest BCUT2D eigenvalue weighted by molar-refractivity contribution is 14.1. The van der Waals surface area contributed by atoms with Gasteiger partial charge in [0.25, 0.3) is 0 Å². The van der Waals surface area contributed by atoms with Crippen molar-refractivity contribution >= 4 is 79.8 Å². The van der Waals surface area contributed by atoms with E-state index in [9.17, 15) is 9.90 Å². The van der Waals surface area contributed by atoms with Gasteiger partial charge >= 0.3 is 5.97 Å². The van der Waals surface area contributed by atoms with E-state index in [0.29, 0.717) is 0 Å². The van der Waals surface area contributed by atoms with Crippen molar-refractivity contribution in [1.29, 1.82) is 0 Å². The van der Waals surface area contributed by atoms with Crippen LogP contribution in [-0.4, -0.2) is 11.1 Å². The van der Waals surface area contributed by atoms with Crippen LogP contribution in [0.15, 0.2) is 49.6 Å². The molecule has 0 amide bonds. The Kier molecular flexibility index (Phi) is 6.94. The van der Waals surface area contributed by atoms with Crippen LogP contribution in [0.1, 0.15) is 28.4 Å². The monoisotopic (exact) mass is 672 g/mol. The Morgan fingerprint density at radius 2 is 1.88 bits per heavy atom. The van der Waals surface area contributed by atoms with Crippen molar-refractivity contribution in [3.05, 3.63) is 77.0 Å². The molecule has 0 aromatic heterocycles. The normalized spacial score (nSPS) is 13.0. The van der Waals surface area contributed by atoms with Crippen molar-refractivity contribution in [2.75, 3.05) is 0 Å². The average molecular weight is 672 g/mol. The second-order valence-electron chi connectivity index (χ2n) is 5.43. The van der Waals surface area contributed by atoms with E-state index in [4.69, 9.17) is 4.74 Å². The topological polar surface area (TPSA) is 46.5 Å². The van der Waals surface area contributed by atoms with E-state index in [1.54, 1.807) is 31.2 Å². The van der Waals surface area contributed by atoms with Gasteiger partial charge in [-0.1, -0.05) is 25.3 Å². The van der Waals surface area contributed by atoms with Gasteiger partial charge in [0.05, 0.1) is 0 Å². The van der Waals surface area contributed by atoms with Crippen LogP contribution in [-0.2, 0) is 10.3 Å². The number of hydrogen-bond acceptors (Lipinski definition) is 3. The van der Waals surface area contributed by atoms with Crippen molar-refractivity contribution in [2.24, 2.45) is 0 Å². The van der Waals surface area contributed by atoms with Gasteiger partial charge in [0.2, 0.25) is 0 Å². The maximum Gasteiger partial charge on any atom is 0.343 e. The predicted molar refractivity (Wildman–Crippen MR) is 126 cm³/mol. The van der Waals surface area contributed by atoms with Crippen LogP contribution < -0.4 is 0 Å². The Bertz CT molecular complexity index is 861. The summed E-state index contributed by atoms with van der Waals surface area (Å²) in [6.45, 7) is 9.31. The molecule has 0 radical (unpaired) electrons. The van der Waals surface area contributed by atoms with E-state index in [1.807, 2.05) is 6.07 Å². The molecular formula is C19H15I3O3. The molecule has 25 heavy (non-hydrogen) atoms. The van der Waals surface area contributed by atoms with Crippen molar-refractivity contribution < 1.29 is 14.6 Å². The molecule has 0 bridgehead atoms. The maximum atomic E-state index is 12.7. The zero-order valence-electron chi connectivity index (χ0n) is 13.4. The Hall–Kier alpha value is -0.620. The maximum absolute atomic E-state index is 12.7. The third kappa shape index (κ3) is 4.57. The van der Waals surface area contributed by atoms with Gasteiger partial charge < -0.3 is 9.84 Å². The molecule has 130 valence electrons. The quantitative estimate of drug-likeness (QED) is 0.181. The summed E-state index contributed by atoms with van der Waals surface area (Å²) < 4.78 is 8.88. The van der Waals surface area contributed by atoms with Gasteiger partial charge in [-0.25, -0.2) is 4.79 Å². The summed E-state index contributed by atoms with van der Waals surface area (Å²) in [6, 6.07) is 8.71. The molecule has 0 aliphatic rings. The number of halogens is 3. The van der Waals surface area contributed by atoms with Gasteiger partial charge in [0.1, 0.15) is 11.3 Å². The lowest BCUT2D eigenvalue weighted by molar-refractivity contribution is 0.00871. The molecule has 0 spiro atoms. The molecule has 3 nitrogen and oxygen atoms in total. The number of phenols is 1. The Labute approximate surface area is 188 Å². The minimum Gasteiger partial charge on any atom is -0.507 e. The Balaban J connectivity index is 2.47. The second kappa shape index (κ2) is 8.38. The molecule has 0 saturated carbocycles. The van der Waals surface area contributed by atoms with E-state index in [0.717, 1.165) is 21.8 Å². The molecule has 0 heterocycles. The van der Waals surface area contributed by atoms with Gasteiger partial charge in [0.15, 0.2) is 5.60 Å². The van der Waals surface area contributed by atoms with Gasteiger partial charge in [0, 0.05) is 16.3 Å². The van der Waals surface area contributed by atoms with Crippen LogP contribution in [0.25, 0.3) is 6.08 Å². The highest BCUT2D eigenvalue weighted by Crippen LogP contribution is 2.35. The molecule has 0 aliphatic carbocycles.